The van der Waals surface area contributed by atoms with Gasteiger partial charge in [-0.3, -0.25) is 19.4 Å². The van der Waals surface area contributed by atoms with Crippen LogP contribution in [-0.2, 0) is 4.74 Å². The van der Waals surface area contributed by atoms with Crippen molar-refractivity contribution in [3.8, 4) is 17.1 Å². The number of thiazole rings is 1. The Bertz CT molecular complexity index is 1200. The van der Waals surface area contributed by atoms with Crippen LogP contribution < -0.4 is 4.74 Å². The first-order chi connectivity index (χ1) is 14.7. The first-order valence-corrected chi connectivity index (χ1v) is 10.5. The molecule has 0 radical (unpaired) electrons. The number of fused-ring (bicyclic) bond motifs is 3. The summed E-state index contributed by atoms with van der Waals surface area (Å²) in [5, 5.41) is 10.8. The Kier molecular flexibility index (Phi) is 5.03. The fourth-order valence-electron chi connectivity index (χ4n) is 3.45. The highest BCUT2D eigenvalue weighted by atomic mass is 32.1. The summed E-state index contributed by atoms with van der Waals surface area (Å²) in [7, 11) is 0. The predicted molar refractivity (Wildman–Crippen MR) is 113 cm³/mol. The van der Waals surface area contributed by atoms with Crippen molar-refractivity contribution in [1.82, 2.24) is 19.3 Å². The molecule has 0 unspecified atom stereocenters. The fraction of sp³-hybridized carbons (Fsp3) is 0.300. The summed E-state index contributed by atoms with van der Waals surface area (Å²) in [5.74, 6) is 0.607. The maximum Gasteiger partial charge on any atom is 0.269 e. The zero-order valence-electron chi connectivity index (χ0n) is 16.1. The number of nitro groups is 1. The van der Waals surface area contributed by atoms with E-state index in [4.69, 9.17) is 9.47 Å². The molecule has 1 aliphatic rings. The van der Waals surface area contributed by atoms with Crippen molar-refractivity contribution in [3.05, 3.63) is 52.7 Å². The molecule has 4 aromatic rings. The summed E-state index contributed by atoms with van der Waals surface area (Å²) >= 11 is 1.49. The molecule has 1 fully saturated rings. The Balaban J connectivity index is 1.32. The van der Waals surface area contributed by atoms with Gasteiger partial charge in [0.05, 0.1) is 29.3 Å². The number of non-ortho nitro benzene ring substituents is 1. The molecule has 1 saturated heterocycles. The number of benzene rings is 1. The number of nitro benzene ring substituents is 1. The molecule has 9 nitrogen and oxygen atoms in total. The Labute approximate surface area is 175 Å². The highest BCUT2D eigenvalue weighted by Crippen LogP contribution is 2.30. The summed E-state index contributed by atoms with van der Waals surface area (Å²) in [4.78, 5) is 23.7. The number of hydrogen-bond acceptors (Lipinski definition) is 8. The predicted octanol–water partition coefficient (Wildman–Crippen LogP) is 3.23. The molecule has 3 aromatic heterocycles. The second kappa shape index (κ2) is 7.98. The molecule has 0 spiro atoms. The van der Waals surface area contributed by atoms with Gasteiger partial charge in [-0.25, -0.2) is 9.97 Å². The van der Waals surface area contributed by atoms with Crippen molar-refractivity contribution in [1.29, 1.82) is 0 Å². The molecule has 1 aliphatic heterocycles. The van der Waals surface area contributed by atoms with Gasteiger partial charge in [0.1, 0.15) is 11.4 Å². The number of nitrogens with zero attached hydrogens (tertiary/aromatic N) is 5. The average Bonchev–Trinajstić information content (AvgIpc) is 3.32. The maximum atomic E-state index is 10.8. The Morgan fingerprint density at radius 1 is 1.13 bits per heavy atom. The fourth-order valence-corrected chi connectivity index (χ4v) is 4.42. The van der Waals surface area contributed by atoms with E-state index in [0.29, 0.717) is 12.5 Å². The van der Waals surface area contributed by atoms with Crippen molar-refractivity contribution < 1.29 is 14.4 Å². The van der Waals surface area contributed by atoms with Gasteiger partial charge in [0.2, 0.25) is 5.88 Å². The first kappa shape index (κ1) is 18.9. The van der Waals surface area contributed by atoms with Gasteiger partial charge in [0.15, 0.2) is 4.96 Å². The summed E-state index contributed by atoms with van der Waals surface area (Å²) in [6.07, 6.45) is 1.93. The number of morpholine rings is 1. The standard InChI is InChI=1S/C20H19N5O4S/c26-25(27)15-3-1-14(2-4-15)16-13-24-17-5-6-18(22-19(17)30-20(24)21-16)29-12-9-23-7-10-28-11-8-23/h1-6,13H,7-12H2. The Hall–Kier alpha value is -3.08. The van der Waals surface area contributed by atoms with Crippen LogP contribution in [-0.4, -0.2) is 63.6 Å². The van der Waals surface area contributed by atoms with E-state index >= 15 is 0 Å². The van der Waals surface area contributed by atoms with Crippen LogP contribution in [0.1, 0.15) is 0 Å². The van der Waals surface area contributed by atoms with Crippen LogP contribution in [0.25, 0.3) is 26.6 Å². The largest absolute Gasteiger partial charge is 0.476 e. The van der Waals surface area contributed by atoms with Gasteiger partial charge in [-0.15, -0.1) is 0 Å². The van der Waals surface area contributed by atoms with Crippen LogP contribution >= 0.6 is 11.3 Å². The molecule has 0 amide bonds. The van der Waals surface area contributed by atoms with Crippen LogP contribution in [0, 0.1) is 10.1 Å². The second-order valence-corrected chi connectivity index (χ2v) is 7.92. The summed E-state index contributed by atoms with van der Waals surface area (Å²) in [6, 6.07) is 10.3. The van der Waals surface area contributed by atoms with Crippen LogP contribution in [0.4, 0.5) is 5.69 Å². The number of aromatic nitrogens is 3. The third-order valence-corrected chi connectivity index (χ3v) is 6.04. The van der Waals surface area contributed by atoms with Gasteiger partial charge in [-0.1, -0.05) is 11.3 Å². The number of imidazole rings is 1. The van der Waals surface area contributed by atoms with Crippen LogP contribution in [0.3, 0.4) is 0 Å². The normalized spacial score (nSPS) is 15.1. The van der Waals surface area contributed by atoms with Crippen LogP contribution in [0.15, 0.2) is 42.6 Å². The molecule has 0 aliphatic carbocycles. The molecule has 5 rings (SSSR count). The summed E-state index contributed by atoms with van der Waals surface area (Å²) in [5.41, 5.74) is 2.62. The van der Waals surface area contributed by atoms with E-state index < -0.39 is 4.92 Å². The maximum absolute atomic E-state index is 10.8. The first-order valence-electron chi connectivity index (χ1n) is 9.64. The smallest absolute Gasteiger partial charge is 0.269 e. The molecule has 1 aromatic carbocycles. The number of pyridine rings is 1. The molecule has 0 bridgehead atoms. The lowest BCUT2D eigenvalue weighted by atomic mass is 10.1. The summed E-state index contributed by atoms with van der Waals surface area (Å²) < 4.78 is 13.2. The SMILES string of the molecule is O=[N+]([O-])c1ccc(-c2cn3c(n2)sc2nc(OCCN4CCOCC4)ccc23)cc1. The molecular weight excluding hydrogens is 406 g/mol. The molecular formula is C20H19N5O4S. The minimum absolute atomic E-state index is 0.0653. The zero-order chi connectivity index (χ0) is 20.5. The zero-order valence-corrected chi connectivity index (χ0v) is 16.9. The Morgan fingerprint density at radius 3 is 2.70 bits per heavy atom. The van der Waals surface area contributed by atoms with E-state index in [-0.39, 0.29) is 5.69 Å². The van der Waals surface area contributed by atoms with Gasteiger partial charge in [0, 0.05) is 49.6 Å². The van der Waals surface area contributed by atoms with Crippen LogP contribution in [0.5, 0.6) is 5.88 Å². The second-order valence-electron chi connectivity index (χ2n) is 6.96. The third kappa shape index (κ3) is 3.72. The molecule has 4 heterocycles. The van der Waals surface area contributed by atoms with E-state index in [0.717, 1.165) is 59.4 Å². The third-order valence-electron chi connectivity index (χ3n) is 5.07. The van der Waals surface area contributed by atoms with E-state index in [1.807, 2.05) is 22.7 Å². The molecule has 0 atom stereocenters. The minimum atomic E-state index is -0.407. The quantitative estimate of drug-likeness (QED) is 0.346. The van der Waals surface area contributed by atoms with Crippen molar-refractivity contribution in [3.63, 3.8) is 0 Å². The van der Waals surface area contributed by atoms with Crippen molar-refractivity contribution in [2.24, 2.45) is 0 Å². The van der Waals surface area contributed by atoms with Crippen LogP contribution in [0.2, 0.25) is 0 Å². The van der Waals surface area contributed by atoms with Gasteiger partial charge < -0.3 is 9.47 Å². The van der Waals surface area contributed by atoms with Crippen molar-refractivity contribution in [2.45, 2.75) is 0 Å². The van der Waals surface area contributed by atoms with Gasteiger partial charge in [0.25, 0.3) is 5.69 Å². The van der Waals surface area contributed by atoms with Gasteiger partial charge in [-0.05, 0) is 18.2 Å². The topological polar surface area (TPSA) is 95.0 Å². The highest BCUT2D eigenvalue weighted by molar-refractivity contribution is 7.23. The van der Waals surface area contributed by atoms with Crippen molar-refractivity contribution in [2.75, 3.05) is 39.5 Å². The highest BCUT2D eigenvalue weighted by Gasteiger charge is 2.14. The number of rotatable bonds is 6. The molecule has 10 heteroatoms. The number of ether oxygens (including phenoxy) is 2. The van der Waals surface area contributed by atoms with E-state index in [2.05, 4.69) is 14.9 Å². The van der Waals surface area contributed by atoms with Gasteiger partial charge in [-0.2, -0.15) is 0 Å². The summed E-state index contributed by atoms with van der Waals surface area (Å²) in [6.45, 7) is 4.88. The van der Waals surface area contributed by atoms with E-state index in [1.54, 1.807) is 12.1 Å². The van der Waals surface area contributed by atoms with E-state index in [1.165, 1.54) is 23.5 Å². The Morgan fingerprint density at radius 2 is 1.93 bits per heavy atom. The minimum Gasteiger partial charge on any atom is -0.476 e. The number of hydrogen-bond donors (Lipinski definition) is 0. The lowest BCUT2D eigenvalue weighted by Gasteiger charge is -2.26. The lowest BCUT2D eigenvalue weighted by Crippen LogP contribution is -2.38. The molecule has 0 saturated carbocycles. The molecule has 0 N–H and O–H groups in total. The van der Waals surface area contributed by atoms with Crippen molar-refractivity contribution >= 4 is 32.3 Å². The molecule has 154 valence electrons. The van der Waals surface area contributed by atoms with Gasteiger partial charge >= 0.3 is 0 Å². The monoisotopic (exact) mass is 425 g/mol. The molecule has 30 heavy (non-hydrogen) atoms. The lowest BCUT2D eigenvalue weighted by molar-refractivity contribution is -0.384. The average molecular weight is 425 g/mol. The van der Waals surface area contributed by atoms with E-state index in [9.17, 15) is 10.1 Å².